The molecule has 4 aliphatic carbocycles. The smallest absolute Gasteiger partial charge is 0.156 e. The highest BCUT2D eigenvalue weighted by atomic mass is 16.3. The Morgan fingerprint density at radius 2 is 1.85 bits per heavy atom. The minimum absolute atomic E-state index is 0.228. The van der Waals surface area contributed by atoms with Crippen molar-refractivity contribution in [1.29, 1.82) is 0 Å². The van der Waals surface area contributed by atoms with Crippen molar-refractivity contribution in [3.05, 3.63) is 52.6 Å². The summed E-state index contributed by atoms with van der Waals surface area (Å²) in [6, 6.07) is 9.56. The molecule has 1 aromatic rings. The molecule has 0 aromatic heterocycles. The second-order valence-electron chi connectivity index (χ2n) is 11.6. The van der Waals surface area contributed by atoms with E-state index in [1.807, 2.05) is 13.0 Å². The van der Waals surface area contributed by atoms with E-state index in [0.717, 1.165) is 38.5 Å². The Morgan fingerprint density at radius 1 is 1.12 bits per heavy atom. The van der Waals surface area contributed by atoms with Crippen LogP contribution in [0.5, 0.6) is 0 Å². The van der Waals surface area contributed by atoms with Gasteiger partial charge >= 0.3 is 0 Å². The van der Waals surface area contributed by atoms with Crippen molar-refractivity contribution in [2.75, 3.05) is 11.9 Å². The number of nitrogens with zero attached hydrogens (tertiary/aromatic N) is 1. The summed E-state index contributed by atoms with van der Waals surface area (Å²) in [6.45, 7) is 8.58. The van der Waals surface area contributed by atoms with Gasteiger partial charge in [0.25, 0.3) is 0 Å². The Morgan fingerprint density at radius 3 is 2.53 bits per heavy atom. The molecule has 0 saturated heterocycles. The molecule has 3 heteroatoms. The molecule has 0 radical (unpaired) electrons. The highest BCUT2D eigenvalue weighted by Crippen LogP contribution is 2.66. The average molecular weight is 458 g/mol. The lowest BCUT2D eigenvalue weighted by atomic mass is 9.51. The largest absolute Gasteiger partial charge is 0.377 e. The van der Waals surface area contributed by atoms with Gasteiger partial charge in [-0.05, 0) is 106 Å². The molecule has 1 aromatic carbocycles. The van der Waals surface area contributed by atoms with Gasteiger partial charge in [0.2, 0.25) is 0 Å². The number of hydrogen-bond donors (Lipinski definition) is 1. The molecule has 0 aliphatic heterocycles. The van der Waals surface area contributed by atoms with E-state index in [1.54, 1.807) is 5.57 Å². The van der Waals surface area contributed by atoms with E-state index in [4.69, 9.17) is 0 Å². The topological polar surface area (TPSA) is 40.5 Å². The van der Waals surface area contributed by atoms with Crippen molar-refractivity contribution in [2.45, 2.75) is 90.2 Å². The maximum atomic E-state index is 12.2. The molecule has 2 fully saturated rings. The van der Waals surface area contributed by atoms with Gasteiger partial charge in [-0.25, -0.2) is 0 Å². The van der Waals surface area contributed by atoms with Gasteiger partial charge in [-0.15, -0.1) is 5.92 Å². The quantitative estimate of drug-likeness (QED) is 0.551. The number of ketones is 1. The molecule has 0 spiro atoms. The summed E-state index contributed by atoms with van der Waals surface area (Å²) in [5.41, 5.74) is 5.74. The Hall–Kier alpha value is -2.31. The highest BCUT2D eigenvalue weighted by molar-refractivity contribution is 5.93. The van der Waals surface area contributed by atoms with Gasteiger partial charge in [0, 0.05) is 36.5 Å². The molecule has 4 aliphatic rings. The van der Waals surface area contributed by atoms with Gasteiger partial charge in [-0.3, -0.25) is 4.79 Å². The molecular formula is C31H39NO2. The number of hydrogen-bond acceptors (Lipinski definition) is 3. The van der Waals surface area contributed by atoms with Gasteiger partial charge in [0.15, 0.2) is 5.78 Å². The molecule has 180 valence electrons. The second kappa shape index (κ2) is 8.42. The van der Waals surface area contributed by atoms with Crippen LogP contribution in [0, 0.1) is 29.1 Å². The summed E-state index contributed by atoms with van der Waals surface area (Å²) < 4.78 is 0. The van der Waals surface area contributed by atoms with Crippen molar-refractivity contribution >= 4 is 11.5 Å². The van der Waals surface area contributed by atoms with E-state index in [9.17, 15) is 9.90 Å². The van der Waals surface area contributed by atoms with E-state index < -0.39 is 5.60 Å². The third-order valence-electron chi connectivity index (χ3n) is 9.70. The fourth-order valence-corrected chi connectivity index (χ4v) is 7.62. The normalized spacial score (nSPS) is 34.6. The number of rotatable bonds is 3. The third kappa shape index (κ3) is 3.49. The number of fused-ring (bicyclic) bond motifs is 4. The zero-order valence-corrected chi connectivity index (χ0v) is 21.4. The minimum atomic E-state index is -0.919. The van der Waals surface area contributed by atoms with Crippen LogP contribution >= 0.6 is 0 Å². The second-order valence-corrected chi connectivity index (χ2v) is 11.6. The first-order valence-electron chi connectivity index (χ1n) is 13.1. The molecule has 5 rings (SSSR count). The number of carbonyl (C=O) groups excluding carboxylic acids is 1. The number of allylic oxidation sites excluding steroid dienone is 4. The molecule has 0 unspecified atom stereocenters. The van der Waals surface area contributed by atoms with Crippen molar-refractivity contribution in [1.82, 2.24) is 0 Å². The highest BCUT2D eigenvalue weighted by Gasteiger charge is 2.62. The fourth-order valence-electron chi connectivity index (χ4n) is 7.62. The predicted octanol–water partition coefficient (Wildman–Crippen LogP) is 6.19. The Balaban J connectivity index is 1.64. The van der Waals surface area contributed by atoms with Gasteiger partial charge in [0.1, 0.15) is 5.60 Å². The first-order chi connectivity index (χ1) is 16.2. The summed E-state index contributed by atoms with van der Waals surface area (Å²) >= 11 is 0. The van der Waals surface area contributed by atoms with Crippen LogP contribution in [0.1, 0.15) is 84.1 Å². The molecule has 5 atom stereocenters. The van der Waals surface area contributed by atoms with Crippen LogP contribution in [-0.2, 0) is 4.79 Å². The summed E-state index contributed by atoms with van der Waals surface area (Å²) in [4.78, 5) is 14.5. The van der Waals surface area contributed by atoms with Crippen LogP contribution in [0.25, 0.3) is 0 Å². The summed E-state index contributed by atoms with van der Waals surface area (Å²) in [7, 11) is 2.14. The van der Waals surface area contributed by atoms with Gasteiger partial charge in [-0.1, -0.05) is 30.6 Å². The molecule has 3 nitrogen and oxygen atoms in total. The van der Waals surface area contributed by atoms with Crippen molar-refractivity contribution in [3.63, 3.8) is 0 Å². The minimum Gasteiger partial charge on any atom is -0.377 e. The Bertz CT molecular complexity index is 1110. The van der Waals surface area contributed by atoms with Crippen molar-refractivity contribution in [2.24, 2.45) is 17.3 Å². The zero-order chi connectivity index (χ0) is 24.3. The number of benzene rings is 1. The van der Waals surface area contributed by atoms with Gasteiger partial charge in [0.05, 0.1) is 0 Å². The van der Waals surface area contributed by atoms with E-state index in [0.29, 0.717) is 24.3 Å². The van der Waals surface area contributed by atoms with Crippen LogP contribution in [0.2, 0.25) is 0 Å². The summed E-state index contributed by atoms with van der Waals surface area (Å²) in [5.74, 6) is 7.77. The number of carbonyl (C=O) groups is 1. The van der Waals surface area contributed by atoms with E-state index in [2.05, 4.69) is 68.8 Å². The molecule has 0 amide bonds. The lowest BCUT2D eigenvalue weighted by Gasteiger charge is -2.53. The first-order valence-corrected chi connectivity index (χ1v) is 13.1. The zero-order valence-electron chi connectivity index (χ0n) is 21.4. The fraction of sp³-hybridized carbons (Fsp3) is 0.581. The van der Waals surface area contributed by atoms with Crippen LogP contribution < -0.4 is 4.90 Å². The summed E-state index contributed by atoms with van der Waals surface area (Å²) in [6.07, 6.45) is 8.23. The number of anilines is 1. The SMILES string of the molecule is CC#C[C@]1(O)CC[C@H]2[C@@H]3CCC4=CC(=O)CCC4=C3[C@@H](c3ccc(N(C)C(C)C)cc3)C[C@@]21C. The third-order valence-corrected chi connectivity index (χ3v) is 9.70. The lowest BCUT2D eigenvalue weighted by molar-refractivity contribution is -0.114. The van der Waals surface area contributed by atoms with Crippen LogP contribution in [0.15, 0.2) is 47.1 Å². The Labute approximate surface area is 205 Å². The van der Waals surface area contributed by atoms with Crippen LogP contribution in [-0.4, -0.2) is 29.6 Å². The maximum Gasteiger partial charge on any atom is 0.156 e. The molecule has 1 N–H and O–H groups in total. The lowest BCUT2D eigenvalue weighted by Crippen LogP contribution is -2.51. The first kappa shape index (κ1) is 23.4. The van der Waals surface area contributed by atoms with Crippen molar-refractivity contribution in [3.8, 4) is 11.8 Å². The van der Waals surface area contributed by atoms with Crippen LogP contribution in [0.3, 0.4) is 0 Å². The van der Waals surface area contributed by atoms with Crippen LogP contribution in [0.4, 0.5) is 5.69 Å². The molecule has 0 bridgehead atoms. The Kier molecular flexibility index (Phi) is 5.80. The van der Waals surface area contributed by atoms with E-state index >= 15 is 0 Å². The molecule has 0 heterocycles. The van der Waals surface area contributed by atoms with Crippen molar-refractivity contribution < 1.29 is 9.90 Å². The number of aliphatic hydroxyl groups is 1. The predicted molar refractivity (Wildman–Crippen MR) is 139 cm³/mol. The summed E-state index contributed by atoms with van der Waals surface area (Å²) in [5, 5.41) is 11.8. The molecule has 2 saturated carbocycles. The van der Waals surface area contributed by atoms with Gasteiger partial charge in [-0.2, -0.15) is 0 Å². The standard InChI is InChI=1S/C31H39NO2/c1-6-16-31(34)17-15-28-26-13-9-22-18-24(33)12-14-25(22)29(26)27(19-30(28,31)4)21-7-10-23(11-8-21)32(5)20(2)3/h7-8,10-11,18,20,26-28,34H,9,12-15,17,19H2,1-5H3/t26-,27+,28-,30-,31-/m0/s1. The maximum absolute atomic E-state index is 12.2. The van der Waals surface area contributed by atoms with Gasteiger partial charge < -0.3 is 10.0 Å². The molecule has 34 heavy (non-hydrogen) atoms. The van der Waals surface area contributed by atoms with E-state index in [1.165, 1.54) is 22.4 Å². The monoisotopic (exact) mass is 457 g/mol. The average Bonchev–Trinajstić information content (AvgIpc) is 3.08. The van der Waals surface area contributed by atoms with E-state index in [-0.39, 0.29) is 17.1 Å². The molecular weight excluding hydrogens is 418 g/mol.